The van der Waals surface area contributed by atoms with Crippen LogP contribution in [0.25, 0.3) is 0 Å². The Balaban J connectivity index is 1.59. The minimum absolute atomic E-state index is 0.0598. The van der Waals surface area contributed by atoms with Crippen LogP contribution in [0.15, 0.2) is 82.4 Å². The minimum Gasteiger partial charge on any atom is -0.497 e. The predicted molar refractivity (Wildman–Crippen MR) is 176 cm³/mol. The first-order valence-corrected chi connectivity index (χ1v) is 17.0. The number of carbonyl (C=O) groups is 1. The highest BCUT2D eigenvalue weighted by Crippen LogP contribution is 2.56. The van der Waals surface area contributed by atoms with Crippen LogP contribution in [-0.4, -0.2) is 77.2 Å². The third-order valence-corrected chi connectivity index (χ3v) is 10.8. The Bertz CT molecular complexity index is 1850. The number of rotatable bonds is 12. The lowest BCUT2D eigenvalue weighted by molar-refractivity contribution is -0.127. The first-order chi connectivity index (χ1) is 22.7. The fraction of sp³-hybridized carbons (Fsp3) is 0.353. The normalized spacial score (nSPS) is 19.8. The molecule has 4 aromatic rings. The maximum atomic E-state index is 15.4. The van der Waals surface area contributed by atoms with Gasteiger partial charge in [0.2, 0.25) is 5.89 Å². The van der Waals surface area contributed by atoms with Crippen LogP contribution in [0.2, 0.25) is 5.02 Å². The van der Waals surface area contributed by atoms with Crippen LogP contribution in [0.3, 0.4) is 0 Å². The van der Waals surface area contributed by atoms with Gasteiger partial charge in [0.25, 0.3) is 15.9 Å². The van der Waals surface area contributed by atoms with E-state index in [0.29, 0.717) is 66.1 Å². The Kier molecular flexibility index (Phi) is 9.32. The molecule has 47 heavy (non-hydrogen) atoms. The van der Waals surface area contributed by atoms with Crippen LogP contribution >= 0.6 is 11.6 Å². The van der Waals surface area contributed by atoms with Crippen molar-refractivity contribution in [3.63, 3.8) is 0 Å². The topological polar surface area (TPSA) is 115 Å². The smallest absolute Gasteiger partial charge is 0.271 e. The van der Waals surface area contributed by atoms with Gasteiger partial charge in [0.05, 0.1) is 43.6 Å². The van der Waals surface area contributed by atoms with Crippen LogP contribution < -0.4 is 13.8 Å². The Morgan fingerprint density at radius 1 is 1.04 bits per heavy atom. The molecule has 1 aromatic heterocycles. The molecular formula is C34H37ClN4O7S. The van der Waals surface area contributed by atoms with E-state index < -0.39 is 27.5 Å². The second kappa shape index (κ2) is 13.3. The van der Waals surface area contributed by atoms with E-state index in [1.807, 2.05) is 30.1 Å². The number of aromatic nitrogens is 1. The molecule has 1 amide bonds. The number of amides is 1. The van der Waals surface area contributed by atoms with Crippen molar-refractivity contribution in [2.24, 2.45) is 0 Å². The summed E-state index contributed by atoms with van der Waals surface area (Å²) >= 11 is 6.65. The lowest BCUT2D eigenvalue weighted by Gasteiger charge is -2.41. The van der Waals surface area contributed by atoms with Crippen molar-refractivity contribution in [2.75, 3.05) is 52.4 Å². The molecular weight excluding hydrogens is 644 g/mol. The third kappa shape index (κ3) is 5.67. The fourth-order valence-corrected chi connectivity index (χ4v) is 8.36. The summed E-state index contributed by atoms with van der Waals surface area (Å²) in [7, 11) is 2.29. The van der Waals surface area contributed by atoms with E-state index in [9.17, 15) is 8.42 Å². The van der Waals surface area contributed by atoms with Gasteiger partial charge < -0.3 is 18.6 Å². The van der Waals surface area contributed by atoms with Crippen molar-refractivity contribution >= 4 is 33.2 Å². The zero-order valence-corrected chi connectivity index (χ0v) is 28.3. The van der Waals surface area contributed by atoms with Gasteiger partial charge in [-0.1, -0.05) is 23.7 Å². The Labute approximate surface area is 279 Å². The van der Waals surface area contributed by atoms with Crippen molar-refractivity contribution in [1.29, 1.82) is 0 Å². The van der Waals surface area contributed by atoms with Crippen molar-refractivity contribution in [2.45, 2.75) is 35.9 Å². The summed E-state index contributed by atoms with van der Waals surface area (Å²) in [5.74, 6) is 0.683. The maximum absolute atomic E-state index is 15.4. The van der Waals surface area contributed by atoms with Crippen LogP contribution in [-0.2, 0) is 31.6 Å². The monoisotopic (exact) mass is 680 g/mol. The molecule has 1 saturated heterocycles. The summed E-state index contributed by atoms with van der Waals surface area (Å²) in [5, 5.41) is 0.354. The number of nitrogens with zero attached hydrogens (tertiary/aromatic N) is 4. The molecule has 2 atom stereocenters. The number of methoxy groups -OCH3 is 3. The summed E-state index contributed by atoms with van der Waals surface area (Å²) in [6, 6.07) is 16.1. The average Bonchev–Trinajstić information content (AvgIpc) is 3.83. The zero-order valence-electron chi connectivity index (χ0n) is 26.7. The number of sulfonamides is 1. The quantitative estimate of drug-likeness (QED) is 0.197. The van der Waals surface area contributed by atoms with Gasteiger partial charge in [0.15, 0.2) is 5.54 Å². The molecule has 0 bridgehead atoms. The van der Waals surface area contributed by atoms with E-state index >= 15 is 4.79 Å². The molecule has 0 radical (unpaired) electrons. The summed E-state index contributed by atoms with van der Waals surface area (Å²) in [5.41, 5.74) is 0.404. The second-order valence-electron chi connectivity index (χ2n) is 11.6. The number of carbonyl (C=O) groups excluding carboxylic acids is 1. The number of fused-ring (bicyclic) bond motifs is 1. The Morgan fingerprint density at radius 3 is 2.51 bits per heavy atom. The number of likely N-dealkylation sites (tertiary alicyclic amines) is 1. The number of benzene rings is 3. The lowest BCUT2D eigenvalue weighted by Crippen LogP contribution is -2.54. The average molecular weight is 681 g/mol. The third-order valence-electron chi connectivity index (χ3n) is 8.86. The minimum atomic E-state index is -4.41. The van der Waals surface area contributed by atoms with Crippen LogP contribution in [0.1, 0.15) is 41.5 Å². The number of ether oxygens (including phenoxy) is 3. The van der Waals surface area contributed by atoms with Crippen LogP contribution in [0, 0.1) is 0 Å². The molecule has 1 fully saturated rings. The van der Waals surface area contributed by atoms with Crippen LogP contribution in [0.5, 0.6) is 11.5 Å². The predicted octanol–water partition coefficient (Wildman–Crippen LogP) is 5.24. The molecule has 248 valence electrons. The molecule has 0 N–H and O–H groups in total. The lowest BCUT2D eigenvalue weighted by atomic mass is 9.80. The number of hydrogen-bond donors (Lipinski definition) is 0. The van der Waals surface area contributed by atoms with Crippen LogP contribution in [0.4, 0.5) is 5.69 Å². The van der Waals surface area contributed by atoms with Gasteiger partial charge in [-0.25, -0.2) is 17.7 Å². The number of halogens is 1. The largest absolute Gasteiger partial charge is 0.497 e. The molecule has 11 nitrogen and oxygen atoms in total. The molecule has 2 unspecified atom stereocenters. The van der Waals surface area contributed by atoms with Crippen molar-refractivity contribution < 1.29 is 31.8 Å². The SMILES string of the molecule is COCCN(C)Cc1ccc(C2(N3CCCC3c3ncco3)C(=O)N(S(=O)(=O)c3ccc(OC)cc3)c3ccc(Cl)cc32)c(OC)c1. The summed E-state index contributed by atoms with van der Waals surface area (Å²) < 4.78 is 52.2. The van der Waals surface area contributed by atoms with Crippen molar-refractivity contribution in [3.05, 3.63) is 101 Å². The van der Waals surface area contributed by atoms with Gasteiger partial charge in [-0.3, -0.25) is 14.6 Å². The second-order valence-corrected chi connectivity index (χ2v) is 13.8. The molecule has 0 saturated carbocycles. The van der Waals surface area contributed by atoms with Gasteiger partial charge in [0.1, 0.15) is 17.8 Å². The Hall–Kier alpha value is -3.94. The zero-order chi connectivity index (χ0) is 33.3. The number of likely N-dealkylation sites (N-methyl/N-ethyl adjacent to an activating group) is 1. The molecule has 3 heterocycles. The van der Waals surface area contributed by atoms with E-state index in [0.717, 1.165) is 16.4 Å². The number of oxazole rings is 1. The first kappa shape index (κ1) is 33.0. The van der Waals surface area contributed by atoms with Crippen molar-refractivity contribution in [3.8, 4) is 11.5 Å². The fourth-order valence-electron chi connectivity index (χ4n) is 6.73. The highest BCUT2D eigenvalue weighted by molar-refractivity contribution is 7.93. The molecule has 0 spiro atoms. The molecule has 13 heteroatoms. The molecule has 6 rings (SSSR count). The number of hydrogen-bond acceptors (Lipinski definition) is 10. The Morgan fingerprint density at radius 2 is 1.83 bits per heavy atom. The highest BCUT2D eigenvalue weighted by atomic mass is 35.5. The summed E-state index contributed by atoms with van der Waals surface area (Å²) in [4.78, 5) is 23.9. The molecule has 0 aliphatic carbocycles. The summed E-state index contributed by atoms with van der Waals surface area (Å²) in [6.07, 6.45) is 4.42. The van der Waals surface area contributed by atoms with E-state index in [1.165, 1.54) is 25.5 Å². The van der Waals surface area contributed by atoms with Gasteiger partial charge in [-0.2, -0.15) is 0 Å². The standard InChI is InChI=1S/C34H37ClN4O7S/c1-37(17-19-43-2)22-23-7-13-27(31(20-23)45-4)34(38-16-5-6-30(38)32-36-15-18-46-32)28-21-24(35)8-14-29(28)39(33(34)40)47(41,42)26-11-9-25(44-3)10-12-26/h7-15,18,20-21,30H,5-6,16-17,19,22H2,1-4H3. The highest BCUT2D eigenvalue weighted by Gasteiger charge is 2.62. The molecule has 3 aromatic carbocycles. The van der Waals surface area contributed by atoms with Gasteiger partial charge in [-0.15, -0.1) is 0 Å². The maximum Gasteiger partial charge on any atom is 0.271 e. The van der Waals surface area contributed by atoms with E-state index in [-0.39, 0.29) is 10.6 Å². The van der Waals surface area contributed by atoms with Gasteiger partial charge in [0, 0.05) is 42.9 Å². The number of anilines is 1. The van der Waals surface area contributed by atoms with E-state index in [4.69, 9.17) is 30.2 Å². The van der Waals surface area contributed by atoms with E-state index in [2.05, 4.69) is 9.88 Å². The summed E-state index contributed by atoms with van der Waals surface area (Å²) in [6.45, 7) is 2.35. The first-order valence-electron chi connectivity index (χ1n) is 15.2. The molecule has 2 aliphatic heterocycles. The van der Waals surface area contributed by atoms with E-state index in [1.54, 1.807) is 50.7 Å². The van der Waals surface area contributed by atoms with Gasteiger partial charge in [-0.05, 0) is 74.0 Å². The van der Waals surface area contributed by atoms with Crippen molar-refractivity contribution in [1.82, 2.24) is 14.8 Å². The van der Waals surface area contributed by atoms with Gasteiger partial charge >= 0.3 is 0 Å². The molecule has 2 aliphatic rings.